The number of carbonyl (C=O) groups excluding carboxylic acids is 2. The zero-order valence-electron chi connectivity index (χ0n) is 11.1. The van der Waals surface area contributed by atoms with Crippen molar-refractivity contribution in [3.8, 4) is 0 Å². The number of likely N-dealkylation sites (N-methyl/N-ethyl adjacent to an activating group) is 1. The number of hydrogen-bond donors (Lipinski definition) is 1. The van der Waals surface area contributed by atoms with Crippen molar-refractivity contribution in [2.75, 3.05) is 32.8 Å². The van der Waals surface area contributed by atoms with Crippen molar-refractivity contribution < 1.29 is 27.5 Å². The molecule has 1 aliphatic heterocycles. The first-order chi connectivity index (χ1) is 9.34. The standard InChI is InChI=1S/C12H17F3N2O3/c1-2-17(5-9-7-3-16-4-8(7)9)10(18)6-20-11(19)12(13,14)15/h7-9,16H,2-6H2,1H3/t7-,8+,9-. The van der Waals surface area contributed by atoms with Crippen LogP contribution in [0.3, 0.4) is 0 Å². The third-order valence-corrected chi connectivity index (χ3v) is 3.99. The van der Waals surface area contributed by atoms with E-state index in [1.54, 1.807) is 6.92 Å². The van der Waals surface area contributed by atoms with E-state index in [2.05, 4.69) is 10.1 Å². The average molecular weight is 294 g/mol. The molecule has 114 valence electrons. The van der Waals surface area contributed by atoms with E-state index < -0.39 is 24.7 Å². The number of piperidine rings is 1. The van der Waals surface area contributed by atoms with Crippen LogP contribution < -0.4 is 5.32 Å². The van der Waals surface area contributed by atoms with Crippen molar-refractivity contribution in [2.24, 2.45) is 17.8 Å². The summed E-state index contributed by atoms with van der Waals surface area (Å²) in [6.45, 7) is 3.68. The number of nitrogens with zero attached hydrogens (tertiary/aromatic N) is 1. The predicted molar refractivity (Wildman–Crippen MR) is 62.6 cm³/mol. The number of esters is 1. The fourth-order valence-electron chi connectivity index (χ4n) is 2.78. The normalized spacial score (nSPS) is 27.9. The van der Waals surface area contributed by atoms with Crippen molar-refractivity contribution in [1.82, 2.24) is 10.2 Å². The lowest BCUT2D eigenvalue weighted by Crippen LogP contribution is -2.38. The van der Waals surface area contributed by atoms with Crippen molar-refractivity contribution in [1.29, 1.82) is 0 Å². The molecule has 2 fully saturated rings. The van der Waals surface area contributed by atoms with Gasteiger partial charge in [-0.1, -0.05) is 0 Å². The summed E-state index contributed by atoms with van der Waals surface area (Å²) in [4.78, 5) is 23.8. The molecule has 1 heterocycles. The quantitative estimate of drug-likeness (QED) is 0.746. The first-order valence-electron chi connectivity index (χ1n) is 6.57. The first-order valence-corrected chi connectivity index (χ1v) is 6.57. The molecule has 0 bridgehead atoms. The summed E-state index contributed by atoms with van der Waals surface area (Å²) < 4.78 is 39.8. The van der Waals surface area contributed by atoms with Gasteiger partial charge in [-0.15, -0.1) is 0 Å². The molecular formula is C12H17F3N2O3. The summed E-state index contributed by atoms with van der Waals surface area (Å²) in [5.41, 5.74) is 0. The molecule has 1 saturated carbocycles. The van der Waals surface area contributed by atoms with Gasteiger partial charge in [0.1, 0.15) is 0 Å². The minimum absolute atomic E-state index is 0.395. The Morgan fingerprint density at radius 2 is 1.90 bits per heavy atom. The Hall–Kier alpha value is -1.31. The van der Waals surface area contributed by atoms with E-state index in [-0.39, 0.29) is 0 Å². The lowest BCUT2D eigenvalue weighted by atomic mass is 10.2. The second-order valence-corrected chi connectivity index (χ2v) is 5.16. The van der Waals surface area contributed by atoms with Gasteiger partial charge in [0.15, 0.2) is 6.61 Å². The van der Waals surface area contributed by atoms with Crippen molar-refractivity contribution in [3.05, 3.63) is 0 Å². The molecule has 3 atom stereocenters. The monoisotopic (exact) mass is 294 g/mol. The smallest absolute Gasteiger partial charge is 0.449 e. The van der Waals surface area contributed by atoms with Gasteiger partial charge in [-0.3, -0.25) is 4.79 Å². The summed E-state index contributed by atoms with van der Waals surface area (Å²) in [5.74, 6) is -1.36. The van der Waals surface area contributed by atoms with Gasteiger partial charge < -0.3 is 15.0 Å². The molecule has 0 spiro atoms. The van der Waals surface area contributed by atoms with Crippen LogP contribution in [-0.2, 0) is 14.3 Å². The maximum atomic E-state index is 12.0. The van der Waals surface area contributed by atoms with Gasteiger partial charge in [-0.05, 0) is 37.8 Å². The third kappa shape index (κ3) is 3.23. The summed E-state index contributed by atoms with van der Waals surface area (Å²) in [7, 11) is 0. The number of rotatable bonds is 5. The fourth-order valence-corrected chi connectivity index (χ4v) is 2.78. The van der Waals surface area contributed by atoms with Crippen LogP contribution in [0.15, 0.2) is 0 Å². The summed E-state index contributed by atoms with van der Waals surface area (Å²) in [6, 6.07) is 0. The van der Waals surface area contributed by atoms with Crippen LogP contribution in [0.4, 0.5) is 13.2 Å². The van der Waals surface area contributed by atoms with Crippen LogP contribution >= 0.6 is 0 Å². The number of hydrogen-bond acceptors (Lipinski definition) is 4. The molecule has 0 radical (unpaired) electrons. The number of nitrogens with one attached hydrogen (secondary N) is 1. The molecule has 0 aromatic carbocycles. The van der Waals surface area contributed by atoms with E-state index in [1.807, 2.05) is 0 Å². The minimum atomic E-state index is -5.06. The molecule has 0 aromatic rings. The highest BCUT2D eigenvalue weighted by Crippen LogP contribution is 2.48. The lowest BCUT2D eigenvalue weighted by Gasteiger charge is -2.21. The maximum absolute atomic E-state index is 12.0. The van der Waals surface area contributed by atoms with Gasteiger partial charge in [0.2, 0.25) is 0 Å². The Bertz CT molecular complexity index is 390. The van der Waals surface area contributed by atoms with Crippen LogP contribution in [0, 0.1) is 17.8 Å². The molecular weight excluding hydrogens is 277 g/mol. The predicted octanol–water partition coefficient (Wildman–Crippen LogP) is 0.406. The van der Waals surface area contributed by atoms with Crippen LogP contribution in [0.25, 0.3) is 0 Å². The lowest BCUT2D eigenvalue weighted by molar-refractivity contribution is -0.200. The molecule has 0 unspecified atom stereocenters. The van der Waals surface area contributed by atoms with E-state index in [0.29, 0.717) is 30.8 Å². The van der Waals surface area contributed by atoms with Gasteiger partial charge in [0.25, 0.3) is 5.91 Å². The molecule has 1 N–H and O–H groups in total. The molecule has 1 saturated heterocycles. The van der Waals surface area contributed by atoms with Crippen molar-refractivity contribution in [2.45, 2.75) is 13.1 Å². The average Bonchev–Trinajstić information content (AvgIpc) is 2.82. The minimum Gasteiger partial charge on any atom is -0.449 e. The number of fused-ring (bicyclic) bond motifs is 1. The topological polar surface area (TPSA) is 58.6 Å². The number of amides is 1. The van der Waals surface area contributed by atoms with E-state index >= 15 is 0 Å². The Morgan fingerprint density at radius 3 is 2.40 bits per heavy atom. The molecule has 2 rings (SSSR count). The molecule has 20 heavy (non-hydrogen) atoms. The van der Waals surface area contributed by atoms with Gasteiger partial charge in [0, 0.05) is 13.1 Å². The van der Waals surface area contributed by atoms with Gasteiger partial charge >= 0.3 is 12.1 Å². The second kappa shape index (κ2) is 5.59. The van der Waals surface area contributed by atoms with Crippen molar-refractivity contribution >= 4 is 11.9 Å². The van der Waals surface area contributed by atoms with Gasteiger partial charge in [-0.2, -0.15) is 13.2 Å². The largest absolute Gasteiger partial charge is 0.490 e. The van der Waals surface area contributed by atoms with Crippen LogP contribution in [0.2, 0.25) is 0 Å². The summed E-state index contributed by atoms with van der Waals surface area (Å²) >= 11 is 0. The highest BCUT2D eigenvalue weighted by atomic mass is 19.4. The SMILES string of the molecule is CCN(C[C@@H]1[C@@H]2CNC[C@@H]21)C(=O)COC(=O)C(F)(F)F. The molecule has 1 amide bonds. The van der Waals surface area contributed by atoms with Crippen LogP contribution in [-0.4, -0.2) is 55.7 Å². The fraction of sp³-hybridized carbons (Fsp3) is 0.833. The number of carbonyl (C=O) groups is 2. The maximum Gasteiger partial charge on any atom is 0.490 e. The van der Waals surface area contributed by atoms with E-state index in [1.165, 1.54) is 4.90 Å². The number of ether oxygens (including phenoxy) is 1. The Kier molecular flexibility index (Phi) is 4.22. The number of halogens is 3. The van der Waals surface area contributed by atoms with E-state index in [9.17, 15) is 22.8 Å². The third-order valence-electron chi connectivity index (χ3n) is 3.99. The van der Waals surface area contributed by atoms with Crippen LogP contribution in [0.5, 0.6) is 0 Å². The molecule has 8 heteroatoms. The summed E-state index contributed by atoms with van der Waals surface area (Å²) in [6.07, 6.45) is -5.06. The van der Waals surface area contributed by atoms with Gasteiger partial charge in [0.05, 0.1) is 0 Å². The van der Waals surface area contributed by atoms with E-state index in [0.717, 1.165) is 13.1 Å². The molecule has 0 aromatic heterocycles. The molecule has 5 nitrogen and oxygen atoms in total. The Balaban J connectivity index is 1.76. The highest BCUT2D eigenvalue weighted by Gasteiger charge is 2.53. The second-order valence-electron chi connectivity index (χ2n) is 5.16. The number of alkyl halides is 3. The zero-order valence-corrected chi connectivity index (χ0v) is 11.1. The highest BCUT2D eigenvalue weighted by molar-refractivity contribution is 5.82. The van der Waals surface area contributed by atoms with Gasteiger partial charge in [-0.25, -0.2) is 4.79 Å². The first kappa shape index (κ1) is 15.1. The molecule has 2 aliphatic rings. The summed E-state index contributed by atoms with van der Waals surface area (Å²) in [5, 5.41) is 3.23. The van der Waals surface area contributed by atoms with Crippen LogP contribution in [0.1, 0.15) is 6.92 Å². The van der Waals surface area contributed by atoms with Crippen molar-refractivity contribution in [3.63, 3.8) is 0 Å². The Labute approximate surface area is 114 Å². The Morgan fingerprint density at radius 1 is 1.30 bits per heavy atom. The van der Waals surface area contributed by atoms with E-state index in [4.69, 9.17) is 0 Å². The zero-order chi connectivity index (χ0) is 14.9. The molecule has 1 aliphatic carbocycles.